The SMILES string of the molecule is Cc1occc1C(=O)Nc1cc(Br)cnc1Cl. The Morgan fingerprint density at radius 1 is 1.59 bits per heavy atom. The molecule has 0 radical (unpaired) electrons. The van der Waals surface area contributed by atoms with Crippen LogP contribution in [0.2, 0.25) is 5.15 Å². The third-order valence-corrected chi connectivity index (χ3v) is 2.89. The first kappa shape index (κ1) is 12.1. The summed E-state index contributed by atoms with van der Waals surface area (Å²) in [5.74, 6) is 0.277. The number of aryl methyl sites for hydroxylation is 1. The molecule has 0 aliphatic carbocycles. The third kappa shape index (κ3) is 2.68. The summed E-state index contributed by atoms with van der Waals surface area (Å²) >= 11 is 9.13. The summed E-state index contributed by atoms with van der Waals surface area (Å²) in [7, 11) is 0. The van der Waals surface area contributed by atoms with E-state index >= 15 is 0 Å². The Labute approximate surface area is 111 Å². The van der Waals surface area contributed by atoms with Gasteiger partial charge in [-0.25, -0.2) is 4.98 Å². The second kappa shape index (κ2) is 4.89. The molecule has 0 atom stereocenters. The molecule has 0 aromatic carbocycles. The lowest BCUT2D eigenvalue weighted by Gasteiger charge is -2.06. The molecule has 0 fully saturated rings. The lowest BCUT2D eigenvalue weighted by molar-refractivity contribution is 0.102. The number of halogens is 2. The molecule has 2 aromatic rings. The largest absolute Gasteiger partial charge is 0.469 e. The number of carbonyl (C=O) groups excluding carboxylic acids is 1. The Bertz CT molecular complexity index is 568. The van der Waals surface area contributed by atoms with Gasteiger partial charge in [-0.15, -0.1) is 0 Å². The highest BCUT2D eigenvalue weighted by Crippen LogP contribution is 2.24. The van der Waals surface area contributed by atoms with Crippen LogP contribution in [0, 0.1) is 6.92 Å². The number of carbonyl (C=O) groups is 1. The number of hydrogen-bond acceptors (Lipinski definition) is 3. The van der Waals surface area contributed by atoms with Crippen molar-refractivity contribution in [1.82, 2.24) is 4.98 Å². The minimum Gasteiger partial charge on any atom is -0.469 e. The summed E-state index contributed by atoms with van der Waals surface area (Å²) in [4.78, 5) is 15.8. The molecule has 4 nitrogen and oxygen atoms in total. The average molecular weight is 316 g/mol. The monoisotopic (exact) mass is 314 g/mol. The van der Waals surface area contributed by atoms with Gasteiger partial charge >= 0.3 is 0 Å². The van der Waals surface area contributed by atoms with Crippen LogP contribution >= 0.6 is 27.5 Å². The van der Waals surface area contributed by atoms with E-state index in [1.165, 1.54) is 6.26 Å². The number of pyridine rings is 1. The van der Waals surface area contributed by atoms with E-state index < -0.39 is 0 Å². The van der Waals surface area contributed by atoms with Crippen molar-refractivity contribution in [3.05, 3.63) is 45.5 Å². The van der Waals surface area contributed by atoms with Gasteiger partial charge in [0.25, 0.3) is 5.91 Å². The molecule has 88 valence electrons. The molecule has 17 heavy (non-hydrogen) atoms. The normalized spacial score (nSPS) is 10.3. The van der Waals surface area contributed by atoms with E-state index in [0.29, 0.717) is 17.0 Å². The molecular formula is C11H8BrClN2O2. The molecule has 2 aromatic heterocycles. The van der Waals surface area contributed by atoms with Gasteiger partial charge in [-0.2, -0.15) is 0 Å². The highest BCUT2D eigenvalue weighted by atomic mass is 79.9. The lowest BCUT2D eigenvalue weighted by atomic mass is 10.2. The molecule has 0 unspecified atom stereocenters. The summed E-state index contributed by atoms with van der Waals surface area (Å²) in [5.41, 5.74) is 0.924. The Morgan fingerprint density at radius 2 is 2.35 bits per heavy atom. The molecular weight excluding hydrogens is 307 g/mol. The third-order valence-electron chi connectivity index (χ3n) is 2.16. The van der Waals surface area contributed by atoms with Crippen molar-refractivity contribution in [3.8, 4) is 0 Å². The second-order valence-corrected chi connectivity index (χ2v) is 4.61. The average Bonchev–Trinajstić information content (AvgIpc) is 2.70. The van der Waals surface area contributed by atoms with E-state index in [1.807, 2.05) is 0 Å². The fourth-order valence-corrected chi connectivity index (χ4v) is 1.80. The number of amides is 1. The first-order chi connectivity index (χ1) is 8.08. The van der Waals surface area contributed by atoms with Crippen molar-refractivity contribution in [3.63, 3.8) is 0 Å². The molecule has 0 aliphatic heterocycles. The predicted octanol–water partition coefficient (Wildman–Crippen LogP) is 3.65. The fraction of sp³-hybridized carbons (Fsp3) is 0.0909. The van der Waals surface area contributed by atoms with Gasteiger partial charge in [0.1, 0.15) is 5.76 Å². The van der Waals surface area contributed by atoms with Crippen LogP contribution in [0.4, 0.5) is 5.69 Å². The van der Waals surface area contributed by atoms with Crippen LogP contribution in [0.5, 0.6) is 0 Å². The molecule has 0 spiro atoms. The molecule has 6 heteroatoms. The van der Waals surface area contributed by atoms with Crippen molar-refractivity contribution in [2.75, 3.05) is 5.32 Å². The van der Waals surface area contributed by atoms with Crippen LogP contribution in [-0.4, -0.2) is 10.9 Å². The van der Waals surface area contributed by atoms with Crippen LogP contribution in [0.3, 0.4) is 0 Å². The van der Waals surface area contributed by atoms with Gasteiger partial charge in [0.15, 0.2) is 5.15 Å². The maximum atomic E-state index is 11.9. The van der Waals surface area contributed by atoms with E-state index in [2.05, 4.69) is 26.2 Å². The fourth-order valence-electron chi connectivity index (χ4n) is 1.32. The first-order valence-corrected chi connectivity index (χ1v) is 5.91. The highest BCUT2D eigenvalue weighted by molar-refractivity contribution is 9.10. The number of rotatable bonds is 2. The summed E-state index contributed by atoms with van der Waals surface area (Å²) in [6, 6.07) is 3.28. The van der Waals surface area contributed by atoms with Crippen LogP contribution < -0.4 is 5.32 Å². The van der Waals surface area contributed by atoms with Crippen LogP contribution in [0.1, 0.15) is 16.1 Å². The number of aromatic nitrogens is 1. The van der Waals surface area contributed by atoms with E-state index in [-0.39, 0.29) is 11.1 Å². The maximum absolute atomic E-state index is 11.9. The molecule has 1 N–H and O–H groups in total. The van der Waals surface area contributed by atoms with Crippen molar-refractivity contribution in [2.45, 2.75) is 6.92 Å². The molecule has 1 amide bonds. The smallest absolute Gasteiger partial charge is 0.259 e. The van der Waals surface area contributed by atoms with E-state index in [4.69, 9.17) is 16.0 Å². The van der Waals surface area contributed by atoms with Gasteiger partial charge in [-0.05, 0) is 35.0 Å². The minimum absolute atomic E-state index is 0.239. The first-order valence-electron chi connectivity index (χ1n) is 4.74. The summed E-state index contributed by atoms with van der Waals surface area (Å²) in [6.45, 7) is 1.72. The standard InChI is InChI=1S/C11H8BrClN2O2/c1-6-8(2-3-17-6)11(16)15-9-4-7(12)5-14-10(9)13/h2-5H,1H3,(H,15,16). The van der Waals surface area contributed by atoms with Gasteiger partial charge in [-0.3, -0.25) is 4.79 Å². The Hall–Kier alpha value is -1.33. The summed E-state index contributed by atoms with van der Waals surface area (Å²) in [5, 5.41) is 2.91. The van der Waals surface area contributed by atoms with Crippen molar-refractivity contribution in [2.24, 2.45) is 0 Å². The van der Waals surface area contributed by atoms with Crippen molar-refractivity contribution >= 4 is 39.1 Å². The van der Waals surface area contributed by atoms with Gasteiger partial charge in [0.05, 0.1) is 17.5 Å². The second-order valence-electron chi connectivity index (χ2n) is 3.34. The number of anilines is 1. The van der Waals surface area contributed by atoms with Crippen LogP contribution in [0.25, 0.3) is 0 Å². The maximum Gasteiger partial charge on any atom is 0.259 e. The molecule has 0 aliphatic rings. The number of nitrogens with one attached hydrogen (secondary N) is 1. The zero-order valence-electron chi connectivity index (χ0n) is 8.83. The van der Waals surface area contributed by atoms with Gasteiger partial charge in [0, 0.05) is 10.7 Å². The van der Waals surface area contributed by atoms with E-state index in [1.54, 1.807) is 25.3 Å². The predicted molar refractivity (Wildman–Crippen MR) is 68.3 cm³/mol. The topological polar surface area (TPSA) is 55.1 Å². The number of furan rings is 1. The summed E-state index contributed by atoms with van der Waals surface area (Å²) < 4.78 is 5.80. The van der Waals surface area contributed by atoms with Crippen molar-refractivity contribution < 1.29 is 9.21 Å². The Kier molecular flexibility index (Phi) is 3.49. The molecule has 0 saturated carbocycles. The molecule has 2 rings (SSSR count). The number of hydrogen-bond donors (Lipinski definition) is 1. The lowest BCUT2D eigenvalue weighted by Crippen LogP contribution is -2.12. The Balaban J connectivity index is 2.24. The quantitative estimate of drug-likeness (QED) is 0.861. The van der Waals surface area contributed by atoms with Gasteiger partial charge in [0.2, 0.25) is 0 Å². The van der Waals surface area contributed by atoms with E-state index in [9.17, 15) is 4.79 Å². The molecule has 2 heterocycles. The zero-order valence-corrected chi connectivity index (χ0v) is 11.2. The molecule has 0 bridgehead atoms. The number of nitrogens with zero attached hydrogens (tertiary/aromatic N) is 1. The van der Waals surface area contributed by atoms with Crippen LogP contribution in [-0.2, 0) is 0 Å². The minimum atomic E-state index is -0.280. The summed E-state index contributed by atoms with van der Waals surface area (Å²) in [6.07, 6.45) is 3.02. The van der Waals surface area contributed by atoms with Crippen molar-refractivity contribution in [1.29, 1.82) is 0 Å². The Morgan fingerprint density at radius 3 is 3.00 bits per heavy atom. The van der Waals surface area contributed by atoms with E-state index in [0.717, 1.165) is 4.47 Å². The zero-order chi connectivity index (χ0) is 12.4. The highest BCUT2D eigenvalue weighted by Gasteiger charge is 2.13. The van der Waals surface area contributed by atoms with Gasteiger partial charge in [-0.1, -0.05) is 11.6 Å². The molecule has 0 saturated heterocycles. The van der Waals surface area contributed by atoms with Crippen LogP contribution in [0.15, 0.2) is 33.5 Å². The van der Waals surface area contributed by atoms with Gasteiger partial charge < -0.3 is 9.73 Å².